The Bertz CT molecular complexity index is 551. The molecule has 4 nitrogen and oxygen atoms in total. The number of hydrogen-bond acceptors (Lipinski definition) is 3. The first-order valence-electron chi connectivity index (χ1n) is 5.61. The molecule has 0 amide bonds. The molecule has 1 fully saturated rings. The minimum Gasteiger partial charge on any atom is -0.330 e. The zero-order valence-corrected chi connectivity index (χ0v) is 13.2. The van der Waals surface area contributed by atoms with Gasteiger partial charge in [-0.3, -0.25) is 0 Å². The van der Waals surface area contributed by atoms with Crippen LogP contribution in [0.25, 0.3) is 0 Å². The molecule has 0 saturated carbocycles. The fourth-order valence-electron chi connectivity index (χ4n) is 2.03. The van der Waals surface area contributed by atoms with E-state index in [1.807, 2.05) is 0 Å². The molecule has 0 bridgehead atoms. The van der Waals surface area contributed by atoms with Gasteiger partial charge in [-0.1, -0.05) is 29.3 Å². The second-order valence-corrected chi connectivity index (χ2v) is 7.00. The minimum absolute atomic E-state index is 0. The van der Waals surface area contributed by atoms with Crippen molar-refractivity contribution in [1.82, 2.24) is 4.31 Å². The summed E-state index contributed by atoms with van der Waals surface area (Å²) in [5.74, 6) is 0.220. The van der Waals surface area contributed by atoms with Gasteiger partial charge in [0.15, 0.2) is 0 Å². The summed E-state index contributed by atoms with van der Waals surface area (Å²) in [5.41, 5.74) is 5.56. The summed E-state index contributed by atoms with van der Waals surface area (Å²) in [4.78, 5) is 0.0642. The van der Waals surface area contributed by atoms with Gasteiger partial charge in [0.05, 0.1) is 10.0 Å². The average Bonchev–Trinajstić information content (AvgIpc) is 2.81. The molecule has 2 rings (SSSR count). The first kappa shape index (κ1) is 17.0. The summed E-state index contributed by atoms with van der Waals surface area (Å²) in [6, 6.07) is 4.62. The Morgan fingerprint density at radius 2 is 2.05 bits per heavy atom. The summed E-state index contributed by atoms with van der Waals surface area (Å²) in [6.07, 6.45) is 0.786. The molecule has 1 aliphatic heterocycles. The summed E-state index contributed by atoms with van der Waals surface area (Å²) in [6.45, 7) is 1.42. The van der Waals surface area contributed by atoms with Crippen molar-refractivity contribution < 1.29 is 8.42 Å². The molecule has 0 aromatic heterocycles. The van der Waals surface area contributed by atoms with Crippen LogP contribution in [-0.4, -0.2) is 32.4 Å². The lowest BCUT2D eigenvalue weighted by Crippen LogP contribution is -2.30. The fraction of sp³-hybridized carbons (Fsp3) is 0.455. The van der Waals surface area contributed by atoms with Crippen LogP contribution in [-0.2, 0) is 10.0 Å². The van der Waals surface area contributed by atoms with Crippen molar-refractivity contribution in [3.63, 3.8) is 0 Å². The molecule has 1 atom stereocenters. The van der Waals surface area contributed by atoms with Gasteiger partial charge >= 0.3 is 0 Å². The first-order valence-corrected chi connectivity index (χ1v) is 7.80. The smallest absolute Gasteiger partial charge is 0.244 e. The van der Waals surface area contributed by atoms with Crippen molar-refractivity contribution in [2.75, 3.05) is 19.6 Å². The Balaban J connectivity index is 0.00000180. The molecule has 1 aliphatic rings. The molecule has 8 heteroatoms. The third-order valence-corrected chi connectivity index (χ3v) is 5.95. The Morgan fingerprint density at radius 3 is 2.63 bits per heavy atom. The predicted octanol–water partition coefficient (Wildman–Crippen LogP) is 2.38. The molecule has 0 spiro atoms. The van der Waals surface area contributed by atoms with E-state index < -0.39 is 10.0 Å². The van der Waals surface area contributed by atoms with E-state index in [4.69, 9.17) is 28.9 Å². The van der Waals surface area contributed by atoms with E-state index in [0.29, 0.717) is 19.6 Å². The molecule has 0 aliphatic carbocycles. The number of halogens is 3. The number of nitrogens with two attached hydrogens (primary N) is 1. The van der Waals surface area contributed by atoms with Crippen LogP contribution in [0.1, 0.15) is 6.42 Å². The highest BCUT2D eigenvalue weighted by Crippen LogP contribution is 2.32. The monoisotopic (exact) mass is 344 g/mol. The van der Waals surface area contributed by atoms with Crippen LogP contribution in [0.3, 0.4) is 0 Å². The number of sulfonamides is 1. The van der Waals surface area contributed by atoms with Crippen LogP contribution >= 0.6 is 35.6 Å². The predicted molar refractivity (Wildman–Crippen MR) is 79.6 cm³/mol. The Hall–Kier alpha value is -0.0400. The maximum Gasteiger partial charge on any atom is 0.244 e. The molecule has 1 saturated heterocycles. The molecule has 108 valence electrons. The van der Waals surface area contributed by atoms with E-state index in [1.54, 1.807) is 12.1 Å². The normalized spacial score (nSPS) is 20.3. The van der Waals surface area contributed by atoms with Gasteiger partial charge in [-0.15, -0.1) is 12.4 Å². The largest absolute Gasteiger partial charge is 0.330 e. The fourth-order valence-corrected chi connectivity index (χ4v) is 4.30. The van der Waals surface area contributed by atoms with Crippen LogP contribution in [0.5, 0.6) is 0 Å². The van der Waals surface area contributed by atoms with E-state index in [0.717, 1.165) is 6.42 Å². The third kappa shape index (κ3) is 3.35. The number of benzene rings is 1. The zero-order valence-electron chi connectivity index (χ0n) is 10.1. The highest BCUT2D eigenvalue weighted by Gasteiger charge is 2.33. The van der Waals surface area contributed by atoms with Gasteiger partial charge in [0.1, 0.15) is 4.90 Å². The molecular weight excluding hydrogens is 331 g/mol. The van der Waals surface area contributed by atoms with E-state index in [-0.39, 0.29) is 33.3 Å². The molecule has 0 radical (unpaired) electrons. The Kier molecular flexibility index (Phi) is 5.92. The quantitative estimate of drug-likeness (QED) is 0.915. The Morgan fingerprint density at radius 1 is 1.37 bits per heavy atom. The molecule has 1 unspecified atom stereocenters. The minimum atomic E-state index is -3.57. The SMILES string of the molecule is Cl.NCC1CCN(S(=O)(=O)c2cccc(Cl)c2Cl)C1. The number of hydrogen-bond donors (Lipinski definition) is 1. The van der Waals surface area contributed by atoms with Crippen LogP contribution in [0.4, 0.5) is 0 Å². The summed E-state index contributed by atoms with van der Waals surface area (Å²) in [7, 11) is -3.57. The molecule has 2 N–H and O–H groups in total. The van der Waals surface area contributed by atoms with Gasteiger partial charge < -0.3 is 5.73 Å². The van der Waals surface area contributed by atoms with Gasteiger partial charge in [0, 0.05) is 13.1 Å². The van der Waals surface area contributed by atoms with Gasteiger partial charge in [0.25, 0.3) is 0 Å². The number of nitrogens with zero attached hydrogens (tertiary/aromatic N) is 1. The highest BCUT2D eigenvalue weighted by atomic mass is 35.5. The zero-order chi connectivity index (χ0) is 13.3. The van der Waals surface area contributed by atoms with Crippen molar-refractivity contribution in [2.24, 2.45) is 11.7 Å². The molecule has 1 aromatic rings. The van der Waals surface area contributed by atoms with Crippen molar-refractivity contribution in [1.29, 1.82) is 0 Å². The second kappa shape index (κ2) is 6.61. The topological polar surface area (TPSA) is 63.4 Å². The molecule has 19 heavy (non-hydrogen) atoms. The standard InChI is InChI=1S/C11H14Cl2N2O2S.ClH/c12-9-2-1-3-10(11(9)13)18(16,17)15-5-4-8(6-14)7-15;/h1-3,8H,4-7,14H2;1H. The van der Waals surface area contributed by atoms with Crippen molar-refractivity contribution in [3.05, 3.63) is 28.2 Å². The molecule has 1 aromatic carbocycles. The second-order valence-electron chi connectivity index (χ2n) is 4.31. The van der Waals surface area contributed by atoms with Gasteiger partial charge in [-0.2, -0.15) is 4.31 Å². The lowest BCUT2D eigenvalue weighted by molar-refractivity contribution is 0.459. The van der Waals surface area contributed by atoms with E-state index in [9.17, 15) is 8.42 Å². The molecule has 1 heterocycles. The first-order chi connectivity index (χ1) is 8.46. The van der Waals surface area contributed by atoms with Crippen molar-refractivity contribution in [2.45, 2.75) is 11.3 Å². The summed E-state index contributed by atoms with van der Waals surface area (Å²) >= 11 is 11.8. The van der Waals surface area contributed by atoms with E-state index >= 15 is 0 Å². The lowest BCUT2D eigenvalue weighted by Gasteiger charge is -2.17. The van der Waals surface area contributed by atoms with Crippen molar-refractivity contribution >= 4 is 45.6 Å². The number of rotatable bonds is 3. The maximum atomic E-state index is 12.4. The van der Waals surface area contributed by atoms with Crippen LogP contribution in [0.15, 0.2) is 23.1 Å². The van der Waals surface area contributed by atoms with Gasteiger partial charge in [-0.25, -0.2) is 8.42 Å². The highest BCUT2D eigenvalue weighted by molar-refractivity contribution is 7.89. The van der Waals surface area contributed by atoms with E-state index in [1.165, 1.54) is 10.4 Å². The maximum absolute atomic E-state index is 12.4. The third-order valence-electron chi connectivity index (χ3n) is 3.12. The van der Waals surface area contributed by atoms with Crippen LogP contribution in [0.2, 0.25) is 10.0 Å². The van der Waals surface area contributed by atoms with Crippen molar-refractivity contribution in [3.8, 4) is 0 Å². The van der Waals surface area contributed by atoms with Crippen LogP contribution < -0.4 is 5.73 Å². The summed E-state index contributed by atoms with van der Waals surface area (Å²) in [5, 5.41) is 0.322. The van der Waals surface area contributed by atoms with E-state index in [2.05, 4.69) is 0 Å². The molecular formula is C11H15Cl3N2O2S. The Labute approximate surface area is 129 Å². The lowest BCUT2D eigenvalue weighted by atomic mass is 10.1. The van der Waals surface area contributed by atoms with Crippen LogP contribution in [0, 0.1) is 5.92 Å². The average molecular weight is 346 g/mol. The summed E-state index contributed by atoms with van der Waals surface area (Å²) < 4.78 is 26.2. The van der Waals surface area contributed by atoms with Gasteiger partial charge in [-0.05, 0) is 31.0 Å². The van der Waals surface area contributed by atoms with Gasteiger partial charge in [0.2, 0.25) is 10.0 Å².